The maximum absolute atomic E-state index is 4.33. The number of halogens is 3. The number of unbranched alkanes of at least 4 members (excludes halogenated alkanes) is 18. The second-order valence-electron chi connectivity index (χ2n) is 20.9. The van der Waals surface area contributed by atoms with Crippen molar-refractivity contribution in [3.8, 4) is 0 Å². The van der Waals surface area contributed by atoms with Crippen molar-refractivity contribution in [3.63, 3.8) is 0 Å². The van der Waals surface area contributed by atoms with Gasteiger partial charge in [-0.1, -0.05) is 254 Å². The summed E-state index contributed by atoms with van der Waals surface area (Å²) >= 11 is 0. The molecule has 0 saturated heterocycles. The van der Waals surface area contributed by atoms with E-state index in [0.29, 0.717) is 0 Å². The molecule has 0 bridgehead atoms. The molecule has 5 rings (SSSR count). The largest absolute Gasteiger partial charge is 4.00 e. The van der Waals surface area contributed by atoms with Crippen LogP contribution in [-0.2, 0) is 66.7 Å². The SMILES string of the molecule is CCCCCCc1cc(CCCCCC)cc([Si](C2=[C-]CC=C2Cc2ccccc2)(c2cc(CCCCCC)cc(CCCCCC)c2)c2cc(CCCCCC)cc(CCCCCC)c2)c1.[Cl-].[Cl-].[Cl-].[Ti+4]. The van der Waals surface area contributed by atoms with Gasteiger partial charge in [0.1, 0.15) is 8.07 Å². The van der Waals surface area contributed by atoms with Crippen molar-refractivity contribution in [2.24, 2.45) is 0 Å². The fourth-order valence-electron chi connectivity index (χ4n) is 11.1. The van der Waals surface area contributed by atoms with Crippen LogP contribution in [0.25, 0.3) is 0 Å². The monoisotopic (exact) mass is 1070 g/mol. The summed E-state index contributed by atoms with van der Waals surface area (Å²) in [6.45, 7) is 14.1. The van der Waals surface area contributed by atoms with Gasteiger partial charge in [-0.15, -0.1) is 6.42 Å². The predicted octanol–water partition coefficient (Wildman–Crippen LogP) is 8.74. The van der Waals surface area contributed by atoms with E-state index >= 15 is 0 Å². The zero-order valence-electron chi connectivity index (χ0n) is 45.9. The van der Waals surface area contributed by atoms with Crippen LogP contribution in [0.15, 0.2) is 102 Å². The second kappa shape index (κ2) is 39.6. The van der Waals surface area contributed by atoms with Gasteiger partial charge in [0, 0.05) is 0 Å². The summed E-state index contributed by atoms with van der Waals surface area (Å²) in [6, 6.07) is 36.1. The van der Waals surface area contributed by atoms with E-state index in [-0.39, 0.29) is 58.9 Å². The minimum Gasteiger partial charge on any atom is -1.00 e. The Morgan fingerprint density at radius 1 is 0.352 bits per heavy atom. The van der Waals surface area contributed by atoms with Crippen molar-refractivity contribution in [1.82, 2.24) is 0 Å². The average molecular weight is 1070 g/mol. The van der Waals surface area contributed by atoms with Crippen molar-refractivity contribution in [1.29, 1.82) is 0 Å². The number of rotatable bonds is 36. The summed E-state index contributed by atoms with van der Waals surface area (Å²) < 4.78 is 0. The first-order valence-corrected chi connectivity index (χ1v) is 30.7. The third kappa shape index (κ3) is 22.1. The van der Waals surface area contributed by atoms with Crippen LogP contribution in [0.1, 0.15) is 241 Å². The normalized spacial score (nSPS) is 12.1. The molecule has 0 spiro atoms. The van der Waals surface area contributed by atoms with Crippen LogP contribution < -0.4 is 52.8 Å². The molecule has 0 amide bonds. The maximum atomic E-state index is 4.33. The van der Waals surface area contributed by atoms with Crippen LogP contribution in [0, 0.1) is 6.08 Å². The molecule has 0 unspecified atom stereocenters. The molecule has 5 heteroatoms. The average Bonchev–Trinajstić information content (AvgIpc) is 3.80. The Bertz CT molecular complexity index is 1790. The van der Waals surface area contributed by atoms with Gasteiger partial charge in [-0.3, -0.25) is 6.08 Å². The van der Waals surface area contributed by atoms with Gasteiger partial charge >= 0.3 is 21.7 Å². The van der Waals surface area contributed by atoms with Gasteiger partial charge in [0.15, 0.2) is 0 Å². The van der Waals surface area contributed by atoms with E-state index in [1.165, 1.54) is 204 Å². The zero-order valence-corrected chi connectivity index (χ0v) is 50.8. The van der Waals surface area contributed by atoms with Gasteiger partial charge in [-0.2, -0.15) is 11.6 Å². The number of benzene rings is 4. The Hall–Kier alpha value is -1.84. The van der Waals surface area contributed by atoms with Gasteiger partial charge in [0.05, 0.1) is 0 Å². The number of hydrogen-bond donors (Lipinski definition) is 0. The zero-order chi connectivity index (χ0) is 47.4. The van der Waals surface area contributed by atoms with Crippen molar-refractivity contribution in [2.75, 3.05) is 0 Å². The molecule has 0 atom stereocenters. The minimum absolute atomic E-state index is 0. The molecule has 1 aliphatic rings. The van der Waals surface area contributed by atoms with E-state index in [2.05, 4.69) is 139 Å². The van der Waals surface area contributed by atoms with E-state index < -0.39 is 8.07 Å². The first-order valence-electron chi connectivity index (χ1n) is 28.7. The molecule has 1 aliphatic carbocycles. The van der Waals surface area contributed by atoms with E-state index in [9.17, 15) is 0 Å². The van der Waals surface area contributed by atoms with Gasteiger partial charge in [-0.25, -0.2) is 5.20 Å². The van der Waals surface area contributed by atoms with Crippen LogP contribution in [0.5, 0.6) is 0 Å². The van der Waals surface area contributed by atoms with Crippen LogP contribution in [-0.4, -0.2) is 8.07 Å². The molecule has 0 nitrogen and oxygen atoms in total. The van der Waals surface area contributed by atoms with Crippen LogP contribution in [0.3, 0.4) is 0 Å². The molecule has 0 aromatic heterocycles. The molecule has 4 aromatic carbocycles. The smallest absolute Gasteiger partial charge is 1.00 e. The first kappa shape index (κ1) is 67.2. The minimum atomic E-state index is -2.99. The number of allylic oxidation sites excluding steroid dienone is 4. The Balaban J connectivity index is 0.00000630. The fraction of sp³-hybridized carbons (Fsp3) is 0.576. The van der Waals surface area contributed by atoms with Gasteiger partial charge in [0.25, 0.3) is 0 Å². The van der Waals surface area contributed by atoms with Crippen molar-refractivity contribution >= 4 is 23.6 Å². The van der Waals surface area contributed by atoms with Crippen LogP contribution in [0.4, 0.5) is 0 Å². The molecule has 0 heterocycles. The van der Waals surface area contributed by atoms with Crippen LogP contribution >= 0.6 is 0 Å². The predicted molar refractivity (Wildman–Crippen MR) is 301 cm³/mol. The fourth-order valence-corrected chi connectivity index (χ4v) is 16.4. The second-order valence-corrected chi connectivity index (χ2v) is 24.6. The summed E-state index contributed by atoms with van der Waals surface area (Å²) in [5.41, 5.74) is 12.4. The third-order valence-corrected chi connectivity index (χ3v) is 19.6. The molecule has 0 radical (unpaired) electrons. The van der Waals surface area contributed by atoms with Crippen molar-refractivity contribution in [2.45, 2.75) is 247 Å². The van der Waals surface area contributed by atoms with Gasteiger partial charge in [-0.05, 0) is 126 Å². The maximum Gasteiger partial charge on any atom is 4.00 e. The standard InChI is InChI=1S/C66H97Si.3ClH.Ti/c1-7-13-19-26-37-56-45-57(38-27-20-14-8-2)50-63(49-56)67(66-44-34-43-62(66)48-55-35-32-25-33-36-55,64-51-58(39-28-21-15-9-3)46-59(52-64)40-29-22-16-10-4)65-53-60(41-30-23-17-11-5)47-61(54-65)42-31-24-18-12-6;;;;/h25,32-33,35-36,43,45-47,49-54H,7-24,26-31,34,37-42,48H2,1-6H3;3*1H;/q-1;;;;+4/p-3. The Labute approximate surface area is 472 Å². The van der Waals surface area contributed by atoms with Crippen molar-refractivity contribution in [3.05, 3.63) is 147 Å². The number of hydrogen-bond acceptors (Lipinski definition) is 0. The summed E-state index contributed by atoms with van der Waals surface area (Å²) in [5, 5.41) is 6.47. The van der Waals surface area contributed by atoms with Crippen molar-refractivity contribution < 1.29 is 58.9 Å². The van der Waals surface area contributed by atoms with E-state index in [1.807, 2.05) is 0 Å². The molecule has 390 valence electrons. The summed E-state index contributed by atoms with van der Waals surface area (Å²) in [6.07, 6.45) is 47.1. The molecule has 71 heavy (non-hydrogen) atoms. The van der Waals surface area contributed by atoms with E-state index in [4.69, 9.17) is 0 Å². The van der Waals surface area contributed by atoms with Gasteiger partial charge < -0.3 is 37.2 Å². The topological polar surface area (TPSA) is 0 Å². The quantitative estimate of drug-likeness (QED) is 0.0185. The molecular formula is C66H97Cl3SiTi. The summed E-state index contributed by atoms with van der Waals surface area (Å²) in [7, 11) is -2.99. The molecule has 4 aromatic rings. The summed E-state index contributed by atoms with van der Waals surface area (Å²) in [5.74, 6) is 0. The Morgan fingerprint density at radius 3 is 0.901 bits per heavy atom. The third-order valence-electron chi connectivity index (χ3n) is 14.9. The van der Waals surface area contributed by atoms with Crippen LogP contribution in [0.2, 0.25) is 0 Å². The summed E-state index contributed by atoms with van der Waals surface area (Å²) in [4.78, 5) is 0. The molecule has 0 fully saturated rings. The molecule has 0 aliphatic heterocycles. The molecular weight excluding hydrogens is 975 g/mol. The Kier molecular flexibility index (Phi) is 37.4. The van der Waals surface area contributed by atoms with Gasteiger partial charge in [0.2, 0.25) is 0 Å². The first-order chi connectivity index (χ1) is 33.0. The van der Waals surface area contributed by atoms with E-state index in [0.717, 1.165) is 12.8 Å². The Morgan fingerprint density at radius 2 is 0.634 bits per heavy atom. The van der Waals surface area contributed by atoms with E-state index in [1.54, 1.807) is 54.1 Å². The molecule has 0 N–H and O–H groups in total. The number of aryl methyl sites for hydroxylation is 6. The molecule has 0 saturated carbocycles.